The number of hydrogen-bond acceptors (Lipinski definition) is 2. The van der Waals surface area contributed by atoms with Crippen molar-refractivity contribution >= 4 is 11.9 Å². The van der Waals surface area contributed by atoms with Crippen molar-refractivity contribution in [1.29, 1.82) is 0 Å². The maximum Gasteiger partial charge on any atom is 0.331 e. The first-order valence-corrected chi connectivity index (χ1v) is 6.03. The Balaban J connectivity index is 3.34. The van der Waals surface area contributed by atoms with Crippen LogP contribution in [0.4, 0.5) is 4.39 Å². The van der Waals surface area contributed by atoms with Crippen molar-refractivity contribution in [3.63, 3.8) is 0 Å². The van der Waals surface area contributed by atoms with E-state index in [4.69, 9.17) is 0 Å². The van der Waals surface area contributed by atoms with Gasteiger partial charge in [0.05, 0.1) is 0 Å². The minimum Gasteiger partial charge on any atom is -0.479 e. The lowest BCUT2D eigenvalue weighted by atomic mass is 9.98. The Bertz CT molecular complexity index is 499. The summed E-state index contributed by atoms with van der Waals surface area (Å²) in [6.07, 6.45) is 0. The predicted molar refractivity (Wildman–Crippen MR) is 69.2 cm³/mol. The summed E-state index contributed by atoms with van der Waals surface area (Å²) in [4.78, 5) is 24.5. The lowest BCUT2D eigenvalue weighted by molar-refractivity contribution is -0.151. The molecule has 0 aromatic heterocycles. The molecule has 1 amide bonds. The summed E-state index contributed by atoms with van der Waals surface area (Å²) < 4.78 is 13.1. The third-order valence-electron chi connectivity index (χ3n) is 2.96. The van der Waals surface area contributed by atoms with E-state index in [9.17, 15) is 19.1 Å². The monoisotopic (exact) mass is 267 g/mol. The van der Waals surface area contributed by atoms with Gasteiger partial charge in [-0.2, -0.15) is 0 Å². The van der Waals surface area contributed by atoms with Crippen LogP contribution in [0.3, 0.4) is 0 Å². The number of carbonyl (C=O) groups excluding carboxylic acids is 1. The standard InChI is InChI=1S/C14H18FNO3/c1-8(2)16(10(4)17)13(14(18)19)12-6-5-11(15)7-9(12)3/h5-8,13H,1-4H3,(H,18,19). The van der Waals surface area contributed by atoms with Crippen LogP contribution in [0.2, 0.25) is 0 Å². The average molecular weight is 267 g/mol. The van der Waals surface area contributed by atoms with E-state index in [0.717, 1.165) is 0 Å². The first-order valence-electron chi connectivity index (χ1n) is 6.03. The van der Waals surface area contributed by atoms with E-state index < -0.39 is 17.8 Å². The van der Waals surface area contributed by atoms with Crippen LogP contribution in [0.25, 0.3) is 0 Å². The second-order valence-electron chi connectivity index (χ2n) is 4.76. The molecule has 0 radical (unpaired) electrons. The number of carboxylic acid groups (broad SMARTS) is 1. The Morgan fingerprint density at radius 2 is 1.89 bits per heavy atom. The zero-order valence-electron chi connectivity index (χ0n) is 11.5. The SMILES string of the molecule is CC(=O)N(C(C)C)C(C(=O)O)c1ccc(F)cc1C. The molecule has 1 aromatic rings. The maximum atomic E-state index is 13.1. The normalized spacial score (nSPS) is 12.3. The highest BCUT2D eigenvalue weighted by Crippen LogP contribution is 2.27. The number of aryl methyl sites for hydroxylation is 1. The molecule has 0 saturated heterocycles. The van der Waals surface area contributed by atoms with Gasteiger partial charge < -0.3 is 10.0 Å². The summed E-state index contributed by atoms with van der Waals surface area (Å²) in [6.45, 7) is 6.45. The summed E-state index contributed by atoms with van der Waals surface area (Å²) in [5.41, 5.74) is 0.942. The van der Waals surface area contributed by atoms with Crippen LogP contribution in [0.5, 0.6) is 0 Å². The van der Waals surface area contributed by atoms with Gasteiger partial charge in [-0.1, -0.05) is 6.07 Å². The Hall–Kier alpha value is -1.91. The minimum absolute atomic E-state index is 0.261. The number of halogens is 1. The smallest absolute Gasteiger partial charge is 0.331 e. The molecule has 0 heterocycles. The third-order valence-corrected chi connectivity index (χ3v) is 2.96. The second-order valence-corrected chi connectivity index (χ2v) is 4.76. The molecule has 4 nitrogen and oxygen atoms in total. The van der Waals surface area contributed by atoms with Crippen LogP contribution < -0.4 is 0 Å². The number of amides is 1. The fraction of sp³-hybridized carbons (Fsp3) is 0.429. The Kier molecular flexibility index (Phi) is 4.64. The molecule has 0 bridgehead atoms. The molecule has 5 heteroatoms. The molecular formula is C14H18FNO3. The van der Waals surface area contributed by atoms with Crippen molar-refractivity contribution in [2.75, 3.05) is 0 Å². The summed E-state index contributed by atoms with van der Waals surface area (Å²) in [5, 5.41) is 9.40. The lowest BCUT2D eigenvalue weighted by Gasteiger charge is -2.32. The van der Waals surface area contributed by atoms with Gasteiger partial charge in [-0.05, 0) is 44.0 Å². The largest absolute Gasteiger partial charge is 0.479 e. The maximum absolute atomic E-state index is 13.1. The molecular weight excluding hydrogens is 249 g/mol. The molecule has 1 unspecified atom stereocenters. The van der Waals surface area contributed by atoms with Crippen LogP contribution in [-0.4, -0.2) is 27.9 Å². The van der Waals surface area contributed by atoms with E-state index in [1.54, 1.807) is 20.8 Å². The van der Waals surface area contributed by atoms with E-state index >= 15 is 0 Å². The van der Waals surface area contributed by atoms with Gasteiger partial charge in [0.15, 0.2) is 6.04 Å². The number of rotatable bonds is 4. The number of nitrogens with zero attached hydrogens (tertiary/aromatic N) is 1. The lowest BCUT2D eigenvalue weighted by Crippen LogP contribution is -2.42. The number of carboxylic acids is 1. The van der Waals surface area contributed by atoms with E-state index in [2.05, 4.69) is 0 Å². The molecule has 0 aliphatic heterocycles. The van der Waals surface area contributed by atoms with Crippen LogP contribution >= 0.6 is 0 Å². The highest BCUT2D eigenvalue weighted by atomic mass is 19.1. The van der Waals surface area contributed by atoms with Crippen molar-refractivity contribution in [3.05, 3.63) is 35.1 Å². The van der Waals surface area contributed by atoms with Gasteiger partial charge in [-0.15, -0.1) is 0 Å². The topological polar surface area (TPSA) is 57.6 Å². The van der Waals surface area contributed by atoms with Gasteiger partial charge in [-0.3, -0.25) is 4.79 Å². The predicted octanol–water partition coefficient (Wildman–Crippen LogP) is 2.52. The van der Waals surface area contributed by atoms with Gasteiger partial charge in [0.2, 0.25) is 5.91 Å². The quantitative estimate of drug-likeness (QED) is 0.912. The van der Waals surface area contributed by atoms with Gasteiger partial charge in [-0.25, -0.2) is 9.18 Å². The van der Waals surface area contributed by atoms with E-state index in [1.807, 2.05) is 0 Å². The molecule has 1 atom stereocenters. The van der Waals surface area contributed by atoms with Crippen molar-refractivity contribution in [2.45, 2.75) is 39.8 Å². The first-order chi connectivity index (χ1) is 8.75. The van der Waals surface area contributed by atoms with Crippen molar-refractivity contribution < 1.29 is 19.1 Å². The van der Waals surface area contributed by atoms with Gasteiger partial charge in [0.25, 0.3) is 0 Å². The average Bonchev–Trinajstić information content (AvgIpc) is 2.25. The fourth-order valence-corrected chi connectivity index (χ4v) is 2.19. The van der Waals surface area contributed by atoms with E-state index in [0.29, 0.717) is 11.1 Å². The zero-order valence-corrected chi connectivity index (χ0v) is 11.5. The van der Waals surface area contributed by atoms with Gasteiger partial charge in [0, 0.05) is 13.0 Å². The molecule has 104 valence electrons. The summed E-state index contributed by atoms with van der Waals surface area (Å²) in [6, 6.07) is 2.53. The third kappa shape index (κ3) is 3.30. The number of carbonyl (C=O) groups is 2. The Morgan fingerprint density at radius 1 is 1.32 bits per heavy atom. The molecule has 0 aliphatic rings. The summed E-state index contributed by atoms with van der Waals surface area (Å²) in [7, 11) is 0. The Labute approximate surface area is 111 Å². The summed E-state index contributed by atoms with van der Waals surface area (Å²) >= 11 is 0. The number of aliphatic carboxylic acids is 1. The molecule has 19 heavy (non-hydrogen) atoms. The van der Waals surface area contributed by atoms with E-state index in [-0.39, 0.29) is 11.9 Å². The van der Waals surface area contributed by atoms with E-state index in [1.165, 1.54) is 30.0 Å². The molecule has 1 rings (SSSR count). The Morgan fingerprint density at radius 3 is 2.26 bits per heavy atom. The van der Waals surface area contributed by atoms with Crippen molar-refractivity contribution in [3.8, 4) is 0 Å². The molecule has 0 saturated carbocycles. The highest BCUT2D eigenvalue weighted by molar-refractivity contribution is 5.84. The summed E-state index contributed by atoms with van der Waals surface area (Å²) in [5.74, 6) is -1.88. The molecule has 1 N–H and O–H groups in total. The van der Waals surface area contributed by atoms with Crippen LogP contribution in [0.15, 0.2) is 18.2 Å². The first kappa shape index (κ1) is 15.1. The van der Waals surface area contributed by atoms with Crippen molar-refractivity contribution in [1.82, 2.24) is 4.90 Å². The molecule has 0 aliphatic carbocycles. The van der Waals surface area contributed by atoms with Crippen LogP contribution in [0, 0.1) is 12.7 Å². The number of hydrogen-bond donors (Lipinski definition) is 1. The number of benzene rings is 1. The van der Waals surface area contributed by atoms with Crippen LogP contribution in [0.1, 0.15) is 37.9 Å². The molecule has 0 spiro atoms. The molecule has 1 aromatic carbocycles. The highest BCUT2D eigenvalue weighted by Gasteiger charge is 2.32. The second kappa shape index (κ2) is 5.82. The minimum atomic E-state index is -1.13. The zero-order chi connectivity index (χ0) is 14.7. The fourth-order valence-electron chi connectivity index (χ4n) is 2.19. The van der Waals surface area contributed by atoms with Crippen LogP contribution in [-0.2, 0) is 9.59 Å². The molecule has 0 fully saturated rings. The van der Waals surface area contributed by atoms with Gasteiger partial charge >= 0.3 is 5.97 Å². The van der Waals surface area contributed by atoms with Gasteiger partial charge in [0.1, 0.15) is 5.82 Å². The van der Waals surface area contributed by atoms with Crippen molar-refractivity contribution in [2.24, 2.45) is 0 Å².